The van der Waals surface area contributed by atoms with Crippen molar-refractivity contribution < 1.29 is 4.79 Å². The van der Waals surface area contributed by atoms with E-state index in [-0.39, 0.29) is 24.2 Å². The van der Waals surface area contributed by atoms with Crippen LogP contribution >= 0.6 is 12.4 Å². The Morgan fingerprint density at radius 1 is 1.45 bits per heavy atom. The first-order valence-corrected chi connectivity index (χ1v) is 7.22. The molecule has 1 aromatic rings. The number of halogens is 1. The first kappa shape index (κ1) is 17.0. The van der Waals surface area contributed by atoms with Gasteiger partial charge in [0, 0.05) is 19.0 Å². The van der Waals surface area contributed by atoms with Gasteiger partial charge in [-0.3, -0.25) is 4.79 Å². The molecule has 2 N–H and O–H groups in total. The number of hydrogen-bond donors (Lipinski definition) is 2. The molecule has 1 fully saturated rings. The quantitative estimate of drug-likeness (QED) is 0.897. The summed E-state index contributed by atoms with van der Waals surface area (Å²) >= 11 is 0. The minimum atomic E-state index is 0. The van der Waals surface area contributed by atoms with Crippen LogP contribution in [-0.2, 0) is 4.79 Å². The average molecular weight is 297 g/mol. The zero-order chi connectivity index (χ0) is 13.7. The fourth-order valence-corrected chi connectivity index (χ4v) is 2.79. The van der Waals surface area contributed by atoms with E-state index in [0.29, 0.717) is 12.5 Å². The Bertz CT molecular complexity index is 430. The van der Waals surface area contributed by atoms with Crippen LogP contribution in [-0.4, -0.2) is 25.0 Å². The van der Waals surface area contributed by atoms with Gasteiger partial charge in [-0.05, 0) is 43.4 Å². The number of carbonyl (C=O) groups is 1. The second kappa shape index (κ2) is 8.28. The molecule has 0 radical (unpaired) electrons. The number of benzene rings is 1. The van der Waals surface area contributed by atoms with E-state index in [4.69, 9.17) is 0 Å². The van der Waals surface area contributed by atoms with Gasteiger partial charge in [-0.1, -0.05) is 31.2 Å². The van der Waals surface area contributed by atoms with Crippen LogP contribution in [0.2, 0.25) is 0 Å². The van der Waals surface area contributed by atoms with E-state index >= 15 is 0 Å². The van der Waals surface area contributed by atoms with Crippen molar-refractivity contribution in [3.63, 3.8) is 0 Å². The van der Waals surface area contributed by atoms with Crippen LogP contribution in [0.4, 0.5) is 0 Å². The molecule has 0 saturated carbocycles. The van der Waals surface area contributed by atoms with Gasteiger partial charge in [0.2, 0.25) is 5.91 Å². The summed E-state index contributed by atoms with van der Waals surface area (Å²) in [7, 11) is 0. The van der Waals surface area contributed by atoms with Crippen LogP contribution in [0.1, 0.15) is 43.2 Å². The summed E-state index contributed by atoms with van der Waals surface area (Å²) < 4.78 is 0. The Morgan fingerprint density at radius 3 is 2.85 bits per heavy atom. The molecule has 1 aliphatic heterocycles. The van der Waals surface area contributed by atoms with Gasteiger partial charge in [0.1, 0.15) is 0 Å². The first-order valence-electron chi connectivity index (χ1n) is 7.22. The van der Waals surface area contributed by atoms with Gasteiger partial charge in [0.05, 0.1) is 0 Å². The number of aryl methyl sites for hydroxylation is 1. The summed E-state index contributed by atoms with van der Waals surface area (Å²) in [4.78, 5) is 12.1. The molecule has 2 atom stereocenters. The van der Waals surface area contributed by atoms with Crippen molar-refractivity contribution in [1.29, 1.82) is 0 Å². The molecule has 0 bridgehead atoms. The molecule has 1 heterocycles. The van der Waals surface area contributed by atoms with Crippen LogP contribution in [0.25, 0.3) is 0 Å². The smallest absolute Gasteiger partial charge is 0.220 e. The summed E-state index contributed by atoms with van der Waals surface area (Å²) in [6.45, 7) is 6.21. The number of hydrogen-bond acceptors (Lipinski definition) is 2. The zero-order valence-corrected chi connectivity index (χ0v) is 13.1. The highest BCUT2D eigenvalue weighted by molar-refractivity contribution is 5.85. The summed E-state index contributed by atoms with van der Waals surface area (Å²) in [5.41, 5.74) is 2.54. The molecule has 0 aromatic heterocycles. The highest BCUT2D eigenvalue weighted by Crippen LogP contribution is 2.22. The fraction of sp³-hybridized carbons (Fsp3) is 0.562. The lowest BCUT2D eigenvalue weighted by Gasteiger charge is -2.24. The van der Waals surface area contributed by atoms with E-state index in [1.165, 1.54) is 11.1 Å². The first-order chi connectivity index (χ1) is 9.16. The SMILES string of the molecule is Cc1ccccc1C(C)CC(=O)N[C@H]1CCCNC1.Cl. The Morgan fingerprint density at radius 2 is 2.20 bits per heavy atom. The van der Waals surface area contributed by atoms with Crippen molar-refractivity contribution in [3.05, 3.63) is 35.4 Å². The molecule has 1 aromatic carbocycles. The maximum Gasteiger partial charge on any atom is 0.220 e. The Hall–Kier alpha value is -1.06. The monoisotopic (exact) mass is 296 g/mol. The van der Waals surface area contributed by atoms with Gasteiger partial charge in [0.25, 0.3) is 0 Å². The van der Waals surface area contributed by atoms with Crippen LogP contribution in [0.3, 0.4) is 0 Å². The summed E-state index contributed by atoms with van der Waals surface area (Å²) in [6.07, 6.45) is 2.82. The number of rotatable bonds is 4. The van der Waals surface area contributed by atoms with Crippen molar-refractivity contribution in [2.24, 2.45) is 0 Å². The Labute approximate surface area is 127 Å². The second-order valence-corrected chi connectivity index (χ2v) is 5.57. The summed E-state index contributed by atoms with van der Waals surface area (Å²) in [6, 6.07) is 8.62. The van der Waals surface area contributed by atoms with Crippen LogP contribution in [0.15, 0.2) is 24.3 Å². The lowest BCUT2D eigenvalue weighted by Crippen LogP contribution is -2.45. The highest BCUT2D eigenvalue weighted by atomic mass is 35.5. The third kappa shape index (κ3) is 4.80. The van der Waals surface area contributed by atoms with Crippen LogP contribution in [0.5, 0.6) is 0 Å². The molecule has 0 aliphatic carbocycles. The van der Waals surface area contributed by atoms with Crippen molar-refractivity contribution in [1.82, 2.24) is 10.6 Å². The second-order valence-electron chi connectivity index (χ2n) is 5.57. The Kier molecular flexibility index (Phi) is 7.03. The molecule has 20 heavy (non-hydrogen) atoms. The van der Waals surface area contributed by atoms with Gasteiger partial charge in [-0.2, -0.15) is 0 Å². The van der Waals surface area contributed by atoms with Crippen molar-refractivity contribution in [2.45, 2.75) is 45.1 Å². The van der Waals surface area contributed by atoms with E-state index in [2.05, 4.69) is 36.6 Å². The minimum Gasteiger partial charge on any atom is -0.352 e. The van der Waals surface area contributed by atoms with E-state index in [0.717, 1.165) is 25.9 Å². The maximum absolute atomic E-state index is 12.1. The van der Waals surface area contributed by atoms with E-state index < -0.39 is 0 Å². The highest BCUT2D eigenvalue weighted by Gasteiger charge is 2.18. The van der Waals surface area contributed by atoms with Gasteiger partial charge in [0.15, 0.2) is 0 Å². The molecule has 3 nitrogen and oxygen atoms in total. The predicted octanol–water partition coefficient (Wildman–Crippen LogP) is 2.78. The molecule has 1 amide bonds. The third-order valence-electron chi connectivity index (χ3n) is 3.87. The maximum atomic E-state index is 12.1. The van der Waals surface area contributed by atoms with Gasteiger partial charge >= 0.3 is 0 Å². The summed E-state index contributed by atoms with van der Waals surface area (Å²) in [5.74, 6) is 0.446. The van der Waals surface area contributed by atoms with E-state index in [9.17, 15) is 4.79 Å². The van der Waals surface area contributed by atoms with Crippen molar-refractivity contribution >= 4 is 18.3 Å². The standard InChI is InChI=1S/C16H24N2O.ClH/c1-12-6-3-4-8-15(12)13(2)10-16(19)18-14-7-5-9-17-11-14;/h3-4,6,8,13-14,17H,5,7,9-11H2,1-2H3,(H,18,19);1H/t13?,14-;/m0./s1. The molecule has 112 valence electrons. The number of carbonyl (C=O) groups excluding carboxylic acids is 1. The molecule has 1 saturated heterocycles. The van der Waals surface area contributed by atoms with Gasteiger partial charge < -0.3 is 10.6 Å². The fourth-order valence-electron chi connectivity index (χ4n) is 2.79. The molecule has 1 aliphatic rings. The molecule has 2 rings (SSSR count). The topological polar surface area (TPSA) is 41.1 Å². The molecule has 4 heteroatoms. The number of nitrogens with one attached hydrogen (secondary N) is 2. The van der Waals surface area contributed by atoms with E-state index in [1.807, 2.05) is 12.1 Å². The summed E-state index contributed by atoms with van der Waals surface area (Å²) in [5, 5.41) is 6.46. The van der Waals surface area contributed by atoms with Gasteiger partial charge in [-0.15, -0.1) is 12.4 Å². The number of amides is 1. The normalized spacial score (nSPS) is 19.8. The lowest BCUT2D eigenvalue weighted by atomic mass is 9.93. The number of piperidine rings is 1. The predicted molar refractivity (Wildman–Crippen MR) is 85.5 cm³/mol. The molecular formula is C16H25ClN2O. The average Bonchev–Trinajstić information content (AvgIpc) is 2.40. The third-order valence-corrected chi connectivity index (χ3v) is 3.87. The Balaban J connectivity index is 0.00000200. The van der Waals surface area contributed by atoms with E-state index in [1.54, 1.807) is 0 Å². The van der Waals surface area contributed by atoms with Crippen LogP contribution in [0, 0.1) is 6.92 Å². The lowest BCUT2D eigenvalue weighted by molar-refractivity contribution is -0.122. The van der Waals surface area contributed by atoms with Gasteiger partial charge in [-0.25, -0.2) is 0 Å². The zero-order valence-electron chi connectivity index (χ0n) is 12.3. The van der Waals surface area contributed by atoms with Crippen molar-refractivity contribution in [3.8, 4) is 0 Å². The molecular weight excluding hydrogens is 272 g/mol. The van der Waals surface area contributed by atoms with Crippen molar-refractivity contribution in [2.75, 3.05) is 13.1 Å². The molecule has 0 spiro atoms. The molecule has 1 unspecified atom stereocenters. The minimum absolute atomic E-state index is 0. The van der Waals surface area contributed by atoms with Crippen LogP contribution < -0.4 is 10.6 Å². The largest absolute Gasteiger partial charge is 0.352 e.